The van der Waals surface area contributed by atoms with Crippen LogP contribution in [-0.2, 0) is 15.8 Å². The van der Waals surface area contributed by atoms with Crippen molar-refractivity contribution in [1.82, 2.24) is 14.3 Å². The van der Waals surface area contributed by atoms with Crippen molar-refractivity contribution in [3.63, 3.8) is 0 Å². The summed E-state index contributed by atoms with van der Waals surface area (Å²) in [6, 6.07) is 7.12. The Morgan fingerprint density at radius 1 is 1.12 bits per heavy atom. The van der Waals surface area contributed by atoms with Crippen LogP contribution in [0.4, 0.5) is 0 Å². The lowest BCUT2D eigenvalue weighted by molar-refractivity contribution is 0.346. The maximum atomic E-state index is 12.6. The van der Waals surface area contributed by atoms with Crippen molar-refractivity contribution >= 4 is 33.4 Å². The Labute approximate surface area is 151 Å². The van der Waals surface area contributed by atoms with Crippen molar-refractivity contribution in [2.75, 3.05) is 13.1 Å². The molecule has 0 N–H and O–H groups in total. The Morgan fingerprint density at radius 2 is 1.92 bits per heavy atom. The van der Waals surface area contributed by atoms with Crippen molar-refractivity contribution in [2.45, 2.75) is 34.9 Å². The zero-order chi connectivity index (χ0) is 17.0. The molecule has 128 valence electrons. The standard InChI is InChI=1S/C16H18ClN3O2S2/c17-16-13(5-4-8-18-16)12-23-15-7-6-14(11-19-15)24(21,22)20-9-2-1-3-10-20/h4-8,11H,1-3,9-10,12H2. The summed E-state index contributed by atoms with van der Waals surface area (Å²) in [7, 11) is -3.42. The fraction of sp³-hybridized carbons (Fsp3) is 0.375. The van der Waals surface area contributed by atoms with E-state index in [0.717, 1.165) is 29.9 Å². The number of hydrogen-bond acceptors (Lipinski definition) is 5. The van der Waals surface area contributed by atoms with Gasteiger partial charge in [0.2, 0.25) is 10.0 Å². The highest BCUT2D eigenvalue weighted by Gasteiger charge is 2.26. The second-order valence-corrected chi connectivity index (χ2v) is 8.83. The molecule has 8 heteroatoms. The molecule has 3 rings (SSSR count). The van der Waals surface area contributed by atoms with E-state index < -0.39 is 10.0 Å². The second kappa shape index (κ2) is 7.82. The SMILES string of the molecule is O=S(=O)(c1ccc(SCc2cccnc2Cl)nc1)N1CCCCC1. The van der Waals surface area contributed by atoms with E-state index in [9.17, 15) is 8.42 Å². The zero-order valence-electron chi connectivity index (χ0n) is 13.1. The first-order valence-corrected chi connectivity index (χ1v) is 10.6. The lowest BCUT2D eigenvalue weighted by Crippen LogP contribution is -2.35. The fourth-order valence-electron chi connectivity index (χ4n) is 2.54. The zero-order valence-corrected chi connectivity index (χ0v) is 15.4. The largest absolute Gasteiger partial charge is 0.249 e. The summed E-state index contributed by atoms with van der Waals surface area (Å²) >= 11 is 7.53. The number of aromatic nitrogens is 2. The van der Waals surface area contributed by atoms with E-state index >= 15 is 0 Å². The maximum absolute atomic E-state index is 12.6. The van der Waals surface area contributed by atoms with Crippen LogP contribution in [0.15, 0.2) is 46.6 Å². The van der Waals surface area contributed by atoms with E-state index in [1.54, 1.807) is 22.6 Å². The highest BCUT2D eigenvalue weighted by Crippen LogP contribution is 2.26. The number of thioether (sulfide) groups is 1. The molecule has 0 bridgehead atoms. The van der Waals surface area contributed by atoms with Crippen LogP contribution in [-0.4, -0.2) is 35.8 Å². The molecule has 5 nitrogen and oxygen atoms in total. The molecular formula is C16H18ClN3O2S2. The third-order valence-electron chi connectivity index (χ3n) is 3.87. The molecule has 1 aliphatic heterocycles. The average molecular weight is 384 g/mol. The Hall–Kier alpha value is -1.15. The van der Waals surface area contributed by atoms with Gasteiger partial charge in [-0.05, 0) is 36.6 Å². The van der Waals surface area contributed by atoms with Crippen LogP contribution in [0.25, 0.3) is 0 Å². The molecule has 0 atom stereocenters. The van der Waals surface area contributed by atoms with Gasteiger partial charge in [-0.15, -0.1) is 11.8 Å². The van der Waals surface area contributed by atoms with Crippen LogP contribution in [0, 0.1) is 0 Å². The summed E-state index contributed by atoms with van der Waals surface area (Å²) in [6.45, 7) is 1.19. The van der Waals surface area contributed by atoms with Crippen molar-refractivity contribution in [3.05, 3.63) is 47.4 Å². The fourth-order valence-corrected chi connectivity index (χ4v) is 5.09. The topological polar surface area (TPSA) is 63.2 Å². The van der Waals surface area contributed by atoms with Gasteiger partial charge in [0.05, 0.1) is 5.03 Å². The number of nitrogens with zero attached hydrogens (tertiary/aromatic N) is 3. The van der Waals surface area contributed by atoms with Crippen LogP contribution < -0.4 is 0 Å². The summed E-state index contributed by atoms with van der Waals surface area (Å²) in [6.07, 6.45) is 6.03. The maximum Gasteiger partial charge on any atom is 0.244 e. The van der Waals surface area contributed by atoms with Gasteiger partial charge < -0.3 is 0 Å². The van der Waals surface area contributed by atoms with E-state index in [0.29, 0.717) is 24.0 Å². The van der Waals surface area contributed by atoms with Crippen LogP contribution in [0.5, 0.6) is 0 Å². The van der Waals surface area contributed by atoms with Crippen molar-refractivity contribution < 1.29 is 8.42 Å². The van der Waals surface area contributed by atoms with Gasteiger partial charge in [-0.25, -0.2) is 18.4 Å². The van der Waals surface area contributed by atoms with Crippen LogP contribution in [0.3, 0.4) is 0 Å². The monoisotopic (exact) mass is 383 g/mol. The van der Waals surface area contributed by atoms with Gasteiger partial charge in [-0.1, -0.05) is 24.1 Å². The van der Waals surface area contributed by atoms with Gasteiger partial charge in [-0.3, -0.25) is 0 Å². The number of sulfonamides is 1. The Kier molecular flexibility index (Phi) is 5.76. The van der Waals surface area contributed by atoms with Crippen molar-refractivity contribution in [3.8, 4) is 0 Å². The third-order valence-corrected chi connectivity index (χ3v) is 7.09. The Bertz CT molecular complexity index is 791. The summed E-state index contributed by atoms with van der Waals surface area (Å²) in [5.41, 5.74) is 0.927. The molecule has 0 aromatic carbocycles. The Morgan fingerprint density at radius 3 is 2.58 bits per heavy atom. The Balaban J connectivity index is 1.68. The number of piperidine rings is 1. The first-order valence-electron chi connectivity index (χ1n) is 7.76. The van der Waals surface area contributed by atoms with Crippen molar-refractivity contribution in [1.29, 1.82) is 0 Å². The minimum absolute atomic E-state index is 0.258. The first-order chi connectivity index (χ1) is 11.6. The van der Waals surface area contributed by atoms with Crippen LogP contribution >= 0.6 is 23.4 Å². The quantitative estimate of drug-likeness (QED) is 0.583. The second-order valence-electron chi connectivity index (χ2n) is 5.54. The molecule has 2 aromatic heterocycles. The van der Waals surface area contributed by atoms with Gasteiger partial charge in [0, 0.05) is 31.2 Å². The molecule has 0 saturated carbocycles. The number of hydrogen-bond donors (Lipinski definition) is 0. The third kappa shape index (κ3) is 4.08. The smallest absolute Gasteiger partial charge is 0.244 e. The lowest BCUT2D eigenvalue weighted by Gasteiger charge is -2.25. The molecular weight excluding hydrogens is 366 g/mol. The predicted molar refractivity (Wildman–Crippen MR) is 95.7 cm³/mol. The summed E-state index contributed by atoms with van der Waals surface area (Å²) in [5.74, 6) is 0.637. The van der Waals surface area contributed by atoms with Crippen LogP contribution in [0.2, 0.25) is 5.15 Å². The highest BCUT2D eigenvalue weighted by molar-refractivity contribution is 7.98. The van der Waals surface area contributed by atoms with E-state index in [1.807, 2.05) is 12.1 Å². The molecule has 0 unspecified atom stereocenters. The molecule has 2 aromatic rings. The first kappa shape index (κ1) is 17.7. The normalized spacial score (nSPS) is 16.2. The molecule has 1 aliphatic rings. The molecule has 24 heavy (non-hydrogen) atoms. The molecule has 0 aliphatic carbocycles. The molecule has 0 spiro atoms. The molecule has 0 radical (unpaired) electrons. The summed E-state index contributed by atoms with van der Waals surface area (Å²) in [4.78, 5) is 8.57. The van der Waals surface area contributed by atoms with Crippen LogP contribution in [0.1, 0.15) is 24.8 Å². The number of halogens is 1. The average Bonchev–Trinajstić information content (AvgIpc) is 2.62. The lowest BCUT2D eigenvalue weighted by atomic mass is 10.2. The van der Waals surface area contributed by atoms with Crippen molar-refractivity contribution in [2.24, 2.45) is 0 Å². The highest BCUT2D eigenvalue weighted by atomic mass is 35.5. The molecule has 1 saturated heterocycles. The summed E-state index contributed by atoms with van der Waals surface area (Å²) in [5, 5.41) is 1.24. The minimum atomic E-state index is -3.42. The summed E-state index contributed by atoms with van der Waals surface area (Å²) < 4.78 is 26.7. The molecule has 3 heterocycles. The van der Waals surface area contributed by atoms with E-state index in [2.05, 4.69) is 9.97 Å². The van der Waals surface area contributed by atoms with E-state index in [-0.39, 0.29) is 4.90 Å². The van der Waals surface area contributed by atoms with Gasteiger partial charge >= 0.3 is 0 Å². The van der Waals surface area contributed by atoms with E-state index in [4.69, 9.17) is 11.6 Å². The minimum Gasteiger partial charge on any atom is -0.249 e. The van der Waals surface area contributed by atoms with Gasteiger partial charge in [-0.2, -0.15) is 4.31 Å². The van der Waals surface area contributed by atoms with E-state index in [1.165, 1.54) is 18.0 Å². The number of pyridine rings is 2. The molecule has 0 amide bonds. The van der Waals surface area contributed by atoms with Gasteiger partial charge in [0.1, 0.15) is 10.0 Å². The predicted octanol–water partition coefficient (Wildman–Crippen LogP) is 3.60. The molecule has 1 fully saturated rings. The number of rotatable bonds is 5. The van der Waals surface area contributed by atoms with Gasteiger partial charge in [0.15, 0.2) is 0 Å². The van der Waals surface area contributed by atoms with Gasteiger partial charge in [0.25, 0.3) is 0 Å².